The Morgan fingerprint density at radius 2 is 1.00 bits per heavy atom. The quantitative estimate of drug-likeness (QED) is 0.571. The van der Waals surface area contributed by atoms with Crippen molar-refractivity contribution >= 4 is 0 Å². The van der Waals surface area contributed by atoms with Crippen LogP contribution in [-0.4, -0.2) is 34.2 Å². The maximum Gasteiger partial charge on any atom is 0.0272 e. The molecule has 0 unspecified atom stereocenters. The van der Waals surface area contributed by atoms with Crippen molar-refractivity contribution in [2.24, 2.45) is 0 Å². The highest BCUT2D eigenvalue weighted by molar-refractivity contribution is 4.85. The number of hydrazine groups is 1. The lowest BCUT2D eigenvalue weighted by Crippen LogP contribution is -2.55. The molecule has 1 aliphatic heterocycles. The molecule has 1 fully saturated rings. The molecule has 0 bridgehead atoms. The van der Waals surface area contributed by atoms with E-state index >= 15 is 0 Å². The topological polar surface area (TPSA) is 6.48 Å². The van der Waals surface area contributed by atoms with Gasteiger partial charge in [0.05, 0.1) is 0 Å². The van der Waals surface area contributed by atoms with Crippen LogP contribution >= 0.6 is 0 Å². The second-order valence-electron chi connectivity index (χ2n) is 5.94. The smallest absolute Gasteiger partial charge is 0.0272 e. The molecule has 2 nitrogen and oxygen atoms in total. The summed E-state index contributed by atoms with van der Waals surface area (Å²) in [4.78, 5) is 0. The molecule has 0 spiro atoms. The van der Waals surface area contributed by atoms with Gasteiger partial charge in [-0.3, -0.25) is 0 Å². The van der Waals surface area contributed by atoms with Crippen molar-refractivity contribution in [2.45, 2.75) is 59.0 Å². The zero-order valence-corrected chi connectivity index (χ0v) is 10.0. The lowest BCUT2D eigenvalue weighted by Gasteiger charge is -2.45. The van der Waals surface area contributed by atoms with Gasteiger partial charge in [0.25, 0.3) is 0 Å². The predicted molar refractivity (Wildman–Crippen MR) is 57.5 cm³/mol. The molecular weight excluding hydrogens is 160 g/mol. The predicted octanol–water partition coefficient (Wildman–Crippen LogP) is 2.51. The van der Waals surface area contributed by atoms with E-state index in [9.17, 15) is 0 Å². The summed E-state index contributed by atoms with van der Waals surface area (Å²) >= 11 is 0. The molecule has 0 saturated carbocycles. The van der Waals surface area contributed by atoms with Crippen LogP contribution in [0.15, 0.2) is 0 Å². The van der Waals surface area contributed by atoms with E-state index in [4.69, 9.17) is 0 Å². The van der Waals surface area contributed by atoms with Gasteiger partial charge in [0, 0.05) is 24.2 Å². The van der Waals surface area contributed by atoms with Crippen LogP contribution in [0.3, 0.4) is 0 Å². The summed E-state index contributed by atoms with van der Waals surface area (Å²) in [6.45, 7) is 16.2. The van der Waals surface area contributed by atoms with E-state index in [1.54, 1.807) is 0 Å². The summed E-state index contributed by atoms with van der Waals surface area (Å²) in [7, 11) is 0. The largest absolute Gasteiger partial charge is 0.236 e. The molecule has 0 radical (unpaired) electrons. The number of hydrogen-bond donors (Lipinski definition) is 0. The van der Waals surface area contributed by atoms with Gasteiger partial charge in [0.2, 0.25) is 0 Å². The van der Waals surface area contributed by atoms with Crippen molar-refractivity contribution in [3.63, 3.8) is 0 Å². The zero-order valence-electron chi connectivity index (χ0n) is 10.0. The van der Waals surface area contributed by atoms with Crippen LogP contribution in [0, 0.1) is 0 Å². The Hall–Kier alpha value is -0.0800. The van der Waals surface area contributed by atoms with E-state index in [1.807, 2.05) is 0 Å². The highest BCUT2D eigenvalue weighted by Crippen LogP contribution is 2.28. The first-order chi connectivity index (χ1) is 5.73. The highest BCUT2D eigenvalue weighted by Gasteiger charge is 2.36. The van der Waals surface area contributed by atoms with Crippen molar-refractivity contribution in [3.05, 3.63) is 0 Å². The normalized spacial score (nSPS) is 22.6. The molecule has 1 saturated heterocycles. The first-order valence-corrected chi connectivity index (χ1v) is 5.28. The maximum atomic E-state index is 2.51. The maximum absolute atomic E-state index is 2.51. The SMILES string of the molecule is CC(C)(C)N1CCCN1C(C)(C)C. The molecular formula is C11H24N2. The monoisotopic (exact) mass is 184 g/mol. The van der Waals surface area contributed by atoms with Crippen LogP contribution in [0.4, 0.5) is 0 Å². The second-order valence-corrected chi connectivity index (χ2v) is 5.94. The van der Waals surface area contributed by atoms with Crippen molar-refractivity contribution < 1.29 is 0 Å². The molecule has 1 heterocycles. The molecule has 0 aromatic carbocycles. The average molecular weight is 184 g/mol. The van der Waals surface area contributed by atoms with E-state index in [-0.39, 0.29) is 11.1 Å². The summed E-state index contributed by atoms with van der Waals surface area (Å²) in [5.41, 5.74) is 0.535. The Morgan fingerprint density at radius 1 is 0.692 bits per heavy atom. The minimum absolute atomic E-state index is 0.268. The summed E-state index contributed by atoms with van der Waals surface area (Å²) in [6, 6.07) is 0. The van der Waals surface area contributed by atoms with Gasteiger partial charge in [-0.25, -0.2) is 10.0 Å². The number of hydrogen-bond acceptors (Lipinski definition) is 2. The molecule has 0 amide bonds. The first kappa shape index (κ1) is 11.0. The fraction of sp³-hybridized carbons (Fsp3) is 1.00. The Balaban J connectivity index is 2.76. The fourth-order valence-electron chi connectivity index (χ4n) is 2.01. The van der Waals surface area contributed by atoms with Gasteiger partial charge < -0.3 is 0 Å². The molecule has 2 heteroatoms. The minimum Gasteiger partial charge on any atom is -0.236 e. The molecule has 0 atom stereocenters. The van der Waals surface area contributed by atoms with E-state index in [2.05, 4.69) is 51.6 Å². The standard InChI is InChI=1S/C11H24N2/c1-10(2,3)12-8-7-9-13(12)11(4,5)6/h7-9H2,1-6H3. The van der Waals surface area contributed by atoms with Crippen LogP contribution in [-0.2, 0) is 0 Å². The molecule has 1 aliphatic rings. The van der Waals surface area contributed by atoms with Crippen LogP contribution in [0.5, 0.6) is 0 Å². The van der Waals surface area contributed by atoms with Gasteiger partial charge in [-0.1, -0.05) is 0 Å². The first-order valence-electron chi connectivity index (χ1n) is 5.28. The summed E-state index contributed by atoms with van der Waals surface area (Å²) in [5.74, 6) is 0. The Kier molecular flexibility index (Phi) is 2.75. The van der Waals surface area contributed by atoms with Crippen molar-refractivity contribution in [1.29, 1.82) is 0 Å². The third kappa shape index (κ3) is 2.44. The van der Waals surface area contributed by atoms with E-state index in [0.717, 1.165) is 0 Å². The van der Waals surface area contributed by atoms with Gasteiger partial charge in [-0.15, -0.1) is 0 Å². The van der Waals surface area contributed by atoms with Crippen LogP contribution in [0.1, 0.15) is 48.0 Å². The molecule has 78 valence electrons. The Bertz CT molecular complexity index is 154. The molecule has 0 N–H and O–H groups in total. The zero-order chi connectivity index (χ0) is 10.3. The average Bonchev–Trinajstić information content (AvgIpc) is 2.27. The Labute approximate surface area is 82.9 Å². The van der Waals surface area contributed by atoms with E-state index in [0.29, 0.717) is 0 Å². The van der Waals surface area contributed by atoms with Crippen molar-refractivity contribution in [2.75, 3.05) is 13.1 Å². The minimum atomic E-state index is 0.268. The number of rotatable bonds is 0. The third-order valence-corrected chi connectivity index (χ3v) is 2.58. The van der Waals surface area contributed by atoms with E-state index < -0.39 is 0 Å². The second kappa shape index (κ2) is 3.25. The van der Waals surface area contributed by atoms with Crippen molar-refractivity contribution in [1.82, 2.24) is 10.0 Å². The lowest BCUT2D eigenvalue weighted by molar-refractivity contribution is -0.103. The van der Waals surface area contributed by atoms with Crippen LogP contribution in [0.2, 0.25) is 0 Å². The highest BCUT2D eigenvalue weighted by atomic mass is 15.7. The summed E-state index contributed by atoms with van der Waals surface area (Å²) in [5, 5.41) is 5.01. The van der Waals surface area contributed by atoms with Crippen LogP contribution < -0.4 is 0 Å². The molecule has 0 aromatic heterocycles. The van der Waals surface area contributed by atoms with Gasteiger partial charge >= 0.3 is 0 Å². The summed E-state index contributed by atoms with van der Waals surface area (Å²) in [6.07, 6.45) is 1.30. The van der Waals surface area contributed by atoms with Crippen LogP contribution in [0.25, 0.3) is 0 Å². The van der Waals surface area contributed by atoms with Crippen molar-refractivity contribution in [3.8, 4) is 0 Å². The number of nitrogens with zero attached hydrogens (tertiary/aromatic N) is 2. The third-order valence-electron chi connectivity index (χ3n) is 2.58. The van der Waals surface area contributed by atoms with Gasteiger partial charge in [-0.05, 0) is 48.0 Å². The van der Waals surface area contributed by atoms with Gasteiger partial charge in [0.1, 0.15) is 0 Å². The lowest BCUT2D eigenvalue weighted by atomic mass is 10.1. The molecule has 13 heavy (non-hydrogen) atoms. The molecule has 0 aromatic rings. The van der Waals surface area contributed by atoms with E-state index in [1.165, 1.54) is 19.5 Å². The fourth-order valence-corrected chi connectivity index (χ4v) is 2.01. The van der Waals surface area contributed by atoms with Gasteiger partial charge in [-0.2, -0.15) is 0 Å². The summed E-state index contributed by atoms with van der Waals surface area (Å²) < 4.78 is 0. The molecule has 0 aliphatic carbocycles. The Morgan fingerprint density at radius 3 is 1.23 bits per heavy atom. The molecule has 1 rings (SSSR count). The van der Waals surface area contributed by atoms with Gasteiger partial charge in [0.15, 0.2) is 0 Å².